The SMILES string of the molecule is CCC(C)(O)C(=O)C[C@H]1Cc2ccc3c(c2)C2(c4ccccc4N[C@H]2O3)c2oc(nc2-c2nc(C#N)co2)[C@H](C(C)(C)C)NC1=O. The van der Waals surface area contributed by atoms with Crippen molar-refractivity contribution < 1.29 is 28.3 Å². The van der Waals surface area contributed by atoms with Gasteiger partial charge in [-0.2, -0.15) is 10.2 Å². The molecular formula is C35H35N5O6. The number of amides is 1. The molecule has 0 aliphatic carbocycles. The number of aliphatic hydroxyl groups is 1. The number of para-hydroxylation sites is 1. The number of ketones is 1. The first-order valence-electron chi connectivity index (χ1n) is 15.5. The van der Waals surface area contributed by atoms with E-state index in [9.17, 15) is 20.0 Å². The van der Waals surface area contributed by atoms with Gasteiger partial charge in [0.25, 0.3) is 0 Å². The molecule has 0 saturated heterocycles. The Labute approximate surface area is 266 Å². The van der Waals surface area contributed by atoms with Crippen LogP contribution in [0.4, 0.5) is 5.69 Å². The maximum atomic E-state index is 14.1. The van der Waals surface area contributed by atoms with Gasteiger partial charge in [-0.05, 0) is 48.4 Å². The fraction of sp³-hybridized carbons (Fsp3) is 0.400. The number of hydrogen-bond acceptors (Lipinski definition) is 10. The van der Waals surface area contributed by atoms with E-state index >= 15 is 0 Å². The Bertz CT molecular complexity index is 1930. The number of anilines is 1. The second-order valence-electron chi connectivity index (χ2n) is 13.7. The number of Topliss-reactive ketones (excluding diaryl/α,β-unsaturated/α-hetero) is 1. The Morgan fingerprint density at radius 2 is 1.91 bits per heavy atom. The predicted molar refractivity (Wildman–Crippen MR) is 166 cm³/mol. The smallest absolute Gasteiger partial charge is 0.250 e. The molecule has 0 fully saturated rings. The minimum absolute atomic E-state index is 0.0870. The van der Waals surface area contributed by atoms with Crippen molar-refractivity contribution >= 4 is 17.4 Å². The lowest BCUT2D eigenvalue weighted by Gasteiger charge is -2.32. The largest absolute Gasteiger partial charge is 0.469 e. The summed E-state index contributed by atoms with van der Waals surface area (Å²) < 4.78 is 19.2. The summed E-state index contributed by atoms with van der Waals surface area (Å²) in [5.74, 6) is -0.194. The topological polar surface area (TPSA) is 164 Å². The number of carbonyl (C=O) groups is 2. The normalized spacial score (nSPS) is 24.2. The molecule has 11 heteroatoms. The van der Waals surface area contributed by atoms with Crippen molar-refractivity contribution in [1.82, 2.24) is 15.3 Å². The van der Waals surface area contributed by atoms with Gasteiger partial charge in [-0.25, -0.2) is 4.98 Å². The van der Waals surface area contributed by atoms with Crippen LogP contribution in [0.3, 0.4) is 0 Å². The second-order valence-corrected chi connectivity index (χ2v) is 13.7. The van der Waals surface area contributed by atoms with Crippen LogP contribution in [0.25, 0.3) is 11.6 Å². The van der Waals surface area contributed by atoms with E-state index in [2.05, 4.69) is 15.6 Å². The van der Waals surface area contributed by atoms with Crippen LogP contribution in [0, 0.1) is 22.7 Å². The summed E-state index contributed by atoms with van der Waals surface area (Å²) in [6.07, 6.45) is 0.979. The van der Waals surface area contributed by atoms with Gasteiger partial charge in [0.15, 0.2) is 29.2 Å². The zero-order valence-electron chi connectivity index (χ0n) is 26.3. The minimum atomic E-state index is -1.56. The predicted octanol–water partition coefficient (Wildman–Crippen LogP) is 5.18. The molecule has 11 nitrogen and oxygen atoms in total. The quantitative estimate of drug-likeness (QED) is 0.271. The zero-order valence-corrected chi connectivity index (χ0v) is 26.3. The Kier molecular flexibility index (Phi) is 6.65. The molecule has 2 aromatic carbocycles. The van der Waals surface area contributed by atoms with Crippen LogP contribution >= 0.6 is 0 Å². The van der Waals surface area contributed by atoms with Crippen LogP contribution < -0.4 is 15.4 Å². The second kappa shape index (κ2) is 10.3. The first-order chi connectivity index (χ1) is 21.9. The van der Waals surface area contributed by atoms with Crippen LogP contribution in [-0.2, 0) is 21.4 Å². The van der Waals surface area contributed by atoms with Gasteiger partial charge in [-0.15, -0.1) is 0 Å². The number of rotatable bonds is 5. The van der Waals surface area contributed by atoms with E-state index in [1.165, 1.54) is 13.2 Å². The van der Waals surface area contributed by atoms with E-state index in [1.54, 1.807) is 6.92 Å². The fourth-order valence-corrected chi connectivity index (χ4v) is 6.75. The van der Waals surface area contributed by atoms with Crippen molar-refractivity contribution in [2.45, 2.75) is 77.2 Å². The molecule has 3 N–H and O–H groups in total. The lowest BCUT2D eigenvalue weighted by atomic mass is 9.72. The standard InChI is InChI=1S/C35H35N5O6/c1-6-34(5,43)25(41)15-19-13-18-11-12-24-22(14-18)35(21-9-7-8-10-23(21)38-32(35)45-24)28-26(30-37-20(16-36)17-44-30)39-31(46-28)27(33(2,3)4)40-29(19)42/h7-12,14,17,19,27,32,38,43H,6,13,15H2,1-5H3,(H,40,42)/t19-,27-,32+,34?,35?/m1/s1. The number of benzene rings is 2. The molecule has 4 bridgehead atoms. The van der Waals surface area contributed by atoms with Gasteiger partial charge >= 0.3 is 0 Å². The Morgan fingerprint density at radius 3 is 2.63 bits per heavy atom. The molecule has 0 radical (unpaired) electrons. The summed E-state index contributed by atoms with van der Waals surface area (Å²) in [4.78, 5) is 36.8. The maximum absolute atomic E-state index is 14.1. The summed E-state index contributed by atoms with van der Waals surface area (Å²) in [7, 11) is 0. The van der Waals surface area contributed by atoms with Crippen molar-refractivity contribution in [3.63, 3.8) is 0 Å². The minimum Gasteiger partial charge on any atom is -0.469 e. The van der Waals surface area contributed by atoms with Crippen LogP contribution in [0.2, 0.25) is 0 Å². The third kappa shape index (κ3) is 4.42. The highest BCUT2D eigenvalue weighted by molar-refractivity contribution is 5.91. The molecule has 3 aliphatic rings. The van der Waals surface area contributed by atoms with E-state index in [-0.39, 0.29) is 48.3 Å². The fourth-order valence-electron chi connectivity index (χ4n) is 6.75. The number of carbonyl (C=O) groups excluding carboxylic acids is 2. The van der Waals surface area contributed by atoms with E-state index < -0.39 is 40.4 Å². The van der Waals surface area contributed by atoms with Crippen molar-refractivity contribution in [2.24, 2.45) is 11.3 Å². The molecular weight excluding hydrogens is 586 g/mol. The average molecular weight is 622 g/mol. The van der Waals surface area contributed by atoms with E-state index in [0.29, 0.717) is 11.5 Å². The third-order valence-electron chi connectivity index (χ3n) is 9.54. The number of nitrogens with one attached hydrogen (secondary N) is 2. The molecule has 1 amide bonds. The molecule has 2 aromatic heterocycles. The number of nitriles is 1. The first-order valence-corrected chi connectivity index (χ1v) is 15.5. The monoisotopic (exact) mass is 621 g/mol. The van der Waals surface area contributed by atoms with E-state index in [4.69, 9.17) is 18.6 Å². The first kappa shape index (κ1) is 29.7. The van der Waals surface area contributed by atoms with Crippen LogP contribution in [-0.4, -0.2) is 38.6 Å². The van der Waals surface area contributed by atoms with E-state index in [1.807, 2.05) is 69.3 Å². The number of fused-ring (bicyclic) bond motifs is 4. The van der Waals surface area contributed by atoms with Crippen LogP contribution in [0.15, 0.2) is 57.6 Å². The number of aromatic nitrogens is 2. The summed E-state index contributed by atoms with van der Waals surface area (Å²) in [5.41, 5.74) is 0.537. The number of oxazole rings is 2. The van der Waals surface area contributed by atoms with Crippen molar-refractivity contribution in [1.29, 1.82) is 5.26 Å². The number of hydrogen-bond donors (Lipinski definition) is 3. The molecule has 1 spiro atoms. The summed E-state index contributed by atoms with van der Waals surface area (Å²) in [6.45, 7) is 9.10. The highest BCUT2D eigenvalue weighted by Crippen LogP contribution is 2.59. The van der Waals surface area contributed by atoms with Crippen LogP contribution in [0.5, 0.6) is 5.75 Å². The van der Waals surface area contributed by atoms with Crippen molar-refractivity contribution in [3.05, 3.63) is 82.8 Å². The molecule has 0 saturated carbocycles. The van der Waals surface area contributed by atoms with Gasteiger partial charge in [0.05, 0.1) is 0 Å². The van der Waals surface area contributed by atoms with Gasteiger partial charge < -0.3 is 29.3 Å². The lowest BCUT2D eigenvalue weighted by Crippen LogP contribution is -2.43. The zero-order chi connectivity index (χ0) is 32.6. The van der Waals surface area contributed by atoms with Gasteiger partial charge in [-0.3, -0.25) is 9.59 Å². The van der Waals surface area contributed by atoms with Crippen molar-refractivity contribution in [2.75, 3.05) is 5.32 Å². The molecule has 5 heterocycles. The lowest BCUT2D eigenvalue weighted by molar-refractivity contribution is -0.140. The molecule has 4 aromatic rings. The molecule has 2 unspecified atom stereocenters. The molecule has 46 heavy (non-hydrogen) atoms. The van der Waals surface area contributed by atoms with E-state index in [0.717, 1.165) is 22.4 Å². The summed E-state index contributed by atoms with van der Waals surface area (Å²) >= 11 is 0. The number of ether oxygens (including phenoxy) is 1. The Hall–Kier alpha value is -4.95. The average Bonchev–Trinajstić information content (AvgIpc) is 3.79. The molecule has 5 atom stereocenters. The summed E-state index contributed by atoms with van der Waals surface area (Å²) in [6, 6.07) is 14.9. The highest BCUT2D eigenvalue weighted by atomic mass is 16.5. The summed E-state index contributed by atoms with van der Waals surface area (Å²) in [5, 5.41) is 27.0. The molecule has 7 rings (SSSR count). The number of nitrogens with zero attached hydrogens (tertiary/aromatic N) is 3. The molecule has 236 valence electrons. The van der Waals surface area contributed by atoms with Gasteiger partial charge in [0.2, 0.25) is 17.7 Å². The van der Waals surface area contributed by atoms with Crippen molar-refractivity contribution in [3.8, 4) is 23.4 Å². The molecule has 3 aliphatic heterocycles. The van der Waals surface area contributed by atoms with Gasteiger partial charge in [0, 0.05) is 23.6 Å². The Morgan fingerprint density at radius 1 is 1.13 bits per heavy atom. The van der Waals surface area contributed by atoms with Gasteiger partial charge in [-0.1, -0.05) is 58.0 Å². The Balaban J connectivity index is 1.51. The highest BCUT2D eigenvalue weighted by Gasteiger charge is 2.61. The maximum Gasteiger partial charge on any atom is 0.250 e. The van der Waals surface area contributed by atoms with Crippen LogP contribution in [0.1, 0.15) is 87.5 Å². The van der Waals surface area contributed by atoms with Gasteiger partial charge in [0.1, 0.15) is 35.1 Å². The third-order valence-corrected chi connectivity index (χ3v) is 9.54.